The van der Waals surface area contributed by atoms with Crippen LogP contribution in [0.3, 0.4) is 0 Å². The molecule has 0 aliphatic rings. The van der Waals surface area contributed by atoms with E-state index in [4.69, 9.17) is 14.2 Å². The van der Waals surface area contributed by atoms with E-state index in [1.807, 2.05) is 43.5 Å². The number of nitrogens with one attached hydrogen (secondary N) is 1. The van der Waals surface area contributed by atoms with Gasteiger partial charge in [-0.15, -0.1) is 11.3 Å². The molecule has 3 rings (SSSR count). The van der Waals surface area contributed by atoms with Gasteiger partial charge in [0.2, 0.25) is 0 Å². The molecule has 3 aromatic rings. The molecular formula is C25H27NO5S. The Balaban J connectivity index is 1.85. The summed E-state index contributed by atoms with van der Waals surface area (Å²) in [7, 11) is 0. The van der Waals surface area contributed by atoms with Crippen molar-refractivity contribution in [1.82, 2.24) is 0 Å². The molecule has 1 aromatic heterocycles. The fourth-order valence-corrected chi connectivity index (χ4v) is 4.02. The number of anilines is 1. The van der Waals surface area contributed by atoms with E-state index in [0.717, 1.165) is 17.7 Å². The number of carbonyl (C=O) groups excluding carboxylic acids is 2. The summed E-state index contributed by atoms with van der Waals surface area (Å²) in [5, 5.41) is 5.16. The number of rotatable bonds is 10. The molecule has 0 spiro atoms. The van der Waals surface area contributed by atoms with E-state index >= 15 is 0 Å². The third-order valence-corrected chi connectivity index (χ3v) is 5.46. The standard InChI is InChI=1S/C25H27NO5S/c1-4-15-31-20-13-9-18(10-14-20)23(27)26-24-22(25(28)30-6-3)21(16-32-24)17-7-11-19(12-8-17)29-5-2/h7-14,16H,4-6,15H2,1-3H3,(H,26,27). The highest BCUT2D eigenvalue weighted by Crippen LogP contribution is 2.37. The number of amides is 1. The van der Waals surface area contributed by atoms with Gasteiger partial charge in [0, 0.05) is 16.5 Å². The van der Waals surface area contributed by atoms with Gasteiger partial charge in [0.25, 0.3) is 5.91 Å². The van der Waals surface area contributed by atoms with Crippen LogP contribution in [0.1, 0.15) is 47.9 Å². The van der Waals surface area contributed by atoms with Gasteiger partial charge in [-0.2, -0.15) is 0 Å². The monoisotopic (exact) mass is 453 g/mol. The van der Waals surface area contributed by atoms with Crippen LogP contribution in [0, 0.1) is 0 Å². The largest absolute Gasteiger partial charge is 0.494 e. The van der Waals surface area contributed by atoms with Crippen molar-refractivity contribution in [2.24, 2.45) is 0 Å². The molecular weight excluding hydrogens is 426 g/mol. The molecule has 0 fully saturated rings. The number of hydrogen-bond donors (Lipinski definition) is 1. The highest BCUT2D eigenvalue weighted by Gasteiger charge is 2.23. The molecule has 1 amide bonds. The topological polar surface area (TPSA) is 73.9 Å². The summed E-state index contributed by atoms with van der Waals surface area (Å²) in [6, 6.07) is 14.4. The van der Waals surface area contributed by atoms with Gasteiger partial charge in [-0.05, 0) is 62.2 Å². The highest BCUT2D eigenvalue weighted by atomic mass is 32.1. The van der Waals surface area contributed by atoms with Crippen LogP contribution in [-0.4, -0.2) is 31.7 Å². The first-order valence-electron chi connectivity index (χ1n) is 10.6. The quantitative estimate of drug-likeness (QED) is 0.379. The number of benzene rings is 2. The molecule has 168 valence electrons. The van der Waals surface area contributed by atoms with Crippen LogP contribution in [0.4, 0.5) is 5.00 Å². The van der Waals surface area contributed by atoms with E-state index in [0.29, 0.717) is 40.7 Å². The molecule has 0 bridgehead atoms. The summed E-state index contributed by atoms with van der Waals surface area (Å²) in [5.74, 6) is 0.683. The minimum atomic E-state index is -0.476. The van der Waals surface area contributed by atoms with Gasteiger partial charge in [-0.3, -0.25) is 4.79 Å². The van der Waals surface area contributed by atoms with Gasteiger partial charge < -0.3 is 19.5 Å². The molecule has 0 unspecified atom stereocenters. The first-order chi connectivity index (χ1) is 15.6. The summed E-state index contributed by atoms with van der Waals surface area (Å²) in [6.45, 7) is 7.15. The first-order valence-corrected chi connectivity index (χ1v) is 11.5. The number of carbonyl (C=O) groups is 2. The van der Waals surface area contributed by atoms with Crippen molar-refractivity contribution in [3.63, 3.8) is 0 Å². The van der Waals surface area contributed by atoms with Crippen molar-refractivity contribution in [2.75, 3.05) is 25.1 Å². The van der Waals surface area contributed by atoms with E-state index in [2.05, 4.69) is 5.32 Å². The maximum absolute atomic E-state index is 12.8. The van der Waals surface area contributed by atoms with Crippen molar-refractivity contribution >= 4 is 28.2 Å². The molecule has 6 nitrogen and oxygen atoms in total. The third kappa shape index (κ3) is 5.68. The second-order valence-corrected chi connectivity index (χ2v) is 7.74. The second kappa shape index (κ2) is 11.3. The Morgan fingerprint density at radius 2 is 1.53 bits per heavy atom. The molecule has 1 heterocycles. The van der Waals surface area contributed by atoms with E-state index in [9.17, 15) is 9.59 Å². The predicted molar refractivity (Wildman–Crippen MR) is 127 cm³/mol. The zero-order valence-corrected chi connectivity index (χ0v) is 19.3. The molecule has 2 aromatic carbocycles. The van der Waals surface area contributed by atoms with Gasteiger partial charge in [0.1, 0.15) is 22.1 Å². The lowest BCUT2D eigenvalue weighted by atomic mass is 10.0. The molecule has 0 saturated carbocycles. The zero-order chi connectivity index (χ0) is 22.9. The number of thiophene rings is 1. The van der Waals surface area contributed by atoms with E-state index in [1.165, 1.54) is 11.3 Å². The van der Waals surface area contributed by atoms with E-state index in [1.54, 1.807) is 31.2 Å². The summed E-state index contributed by atoms with van der Waals surface area (Å²) < 4.78 is 16.3. The van der Waals surface area contributed by atoms with Crippen LogP contribution in [-0.2, 0) is 4.74 Å². The summed E-state index contributed by atoms with van der Waals surface area (Å²) in [4.78, 5) is 25.6. The summed E-state index contributed by atoms with van der Waals surface area (Å²) >= 11 is 1.29. The minimum Gasteiger partial charge on any atom is -0.494 e. The van der Waals surface area contributed by atoms with Crippen LogP contribution < -0.4 is 14.8 Å². The number of esters is 1. The highest BCUT2D eigenvalue weighted by molar-refractivity contribution is 7.15. The molecule has 1 N–H and O–H groups in total. The van der Waals surface area contributed by atoms with Crippen molar-refractivity contribution in [1.29, 1.82) is 0 Å². The van der Waals surface area contributed by atoms with Crippen LogP contribution in [0.5, 0.6) is 11.5 Å². The van der Waals surface area contributed by atoms with Gasteiger partial charge in [0.05, 0.1) is 19.8 Å². The molecule has 0 aliphatic carbocycles. The Morgan fingerprint density at radius 1 is 0.875 bits per heavy atom. The van der Waals surface area contributed by atoms with Crippen LogP contribution in [0.15, 0.2) is 53.9 Å². The second-order valence-electron chi connectivity index (χ2n) is 6.86. The predicted octanol–water partition coefficient (Wildman–Crippen LogP) is 6.03. The summed E-state index contributed by atoms with van der Waals surface area (Å²) in [6.07, 6.45) is 0.911. The Bertz CT molecular complexity index is 1040. The molecule has 32 heavy (non-hydrogen) atoms. The molecule has 0 radical (unpaired) electrons. The third-order valence-electron chi connectivity index (χ3n) is 4.56. The van der Waals surface area contributed by atoms with Gasteiger partial charge >= 0.3 is 5.97 Å². The first kappa shape index (κ1) is 23.3. The van der Waals surface area contributed by atoms with Crippen molar-refractivity contribution in [3.8, 4) is 22.6 Å². The normalized spacial score (nSPS) is 10.5. The van der Waals surface area contributed by atoms with Gasteiger partial charge in [-0.1, -0.05) is 19.1 Å². The minimum absolute atomic E-state index is 0.240. The Morgan fingerprint density at radius 3 is 2.16 bits per heavy atom. The lowest BCUT2D eigenvalue weighted by Gasteiger charge is -2.10. The Labute approximate surface area is 192 Å². The van der Waals surface area contributed by atoms with Crippen molar-refractivity contribution in [3.05, 3.63) is 65.0 Å². The molecule has 0 aliphatic heterocycles. The smallest absolute Gasteiger partial charge is 0.341 e. The van der Waals surface area contributed by atoms with E-state index in [-0.39, 0.29) is 12.5 Å². The lowest BCUT2D eigenvalue weighted by molar-refractivity contribution is 0.0529. The van der Waals surface area contributed by atoms with E-state index < -0.39 is 5.97 Å². The maximum Gasteiger partial charge on any atom is 0.341 e. The fraction of sp³-hybridized carbons (Fsp3) is 0.280. The zero-order valence-electron chi connectivity index (χ0n) is 18.5. The fourth-order valence-electron chi connectivity index (χ4n) is 3.06. The SMILES string of the molecule is CCCOc1ccc(C(=O)Nc2scc(-c3ccc(OCC)cc3)c2C(=O)OCC)cc1. The Kier molecular flexibility index (Phi) is 8.27. The van der Waals surface area contributed by atoms with Crippen LogP contribution >= 0.6 is 11.3 Å². The average Bonchev–Trinajstić information content (AvgIpc) is 3.22. The molecule has 0 saturated heterocycles. The molecule has 0 atom stereocenters. The van der Waals surface area contributed by atoms with Crippen LogP contribution in [0.25, 0.3) is 11.1 Å². The maximum atomic E-state index is 12.8. The lowest BCUT2D eigenvalue weighted by Crippen LogP contribution is -2.14. The number of ether oxygens (including phenoxy) is 3. The van der Waals surface area contributed by atoms with Gasteiger partial charge in [0.15, 0.2) is 0 Å². The number of hydrogen-bond acceptors (Lipinski definition) is 6. The van der Waals surface area contributed by atoms with Crippen LogP contribution in [0.2, 0.25) is 0 Å². The molecule has 7 heteroatoms. The Hall–Kier alpha value is -3.32. The van der Waals surface area contributed by atoms with Crippen molar-refractivity contribution in [2.45, 2.75) is 27.2 Å². The van der Waals surface area contributed by atoms with Crippen molar-refractivity contribution < 1.29 is 23.8 Å². The average molecular weight is 454 g/mol. The van der Waals surface area contributed by atoms with Gasteiger partial charge in [-0.25, -0.2) is 4.79 Å². The summed E-state index contributed by atoms with van der Waals surface area (Å²) in [5.41, 5.74) is 2.36.